The molecule has 0 aliphatic heterocycles. The Morgan fingerprint density at radius 2 is 1.73 bits per heavy atom. The molecule has 0 saturated heterocycles. The molecule has 0 bridgehead atoms. The monoisotopic (exact) mass is 340 g/mol. The Hall–Kier alpha value is -1.52. The van der Waals surface area contributed by atoms with Crippen LogP contribution in [0.2, 0.25) is 10.0 Å². The topological polar surface area (TPSA) is 69.2 Å². The second-order valence-electron chi connectivity index (χ2n) is 5.61. The number of carbonyl (C=O) groups is 2. The highest BCUT2D eigenvalue weighted by molar-refractivity contribution is 6.36. The third-order valence-electron chi connectivity index (χ3n) is 4.09. The summed E-state index contributed by atoms with van der Waals surface area (Å²) in [6.07, 6.45) is 0.738. The Labute approximate surface area is 139 Å². The summed E-state index contributed by atoms with van der Waals surface area (Å²) >= 11 is 11.8. The molecule has 0 unspecified atom stereocenters. The highest BCUT2D eigenvalue weighted by Crippen LogP contribution is 2.35. The minimum atomic E-state index is -1.20. The van der Waals surface area contributed by atoms with Crippen LogP contribution in [0.4, 0.5) is 5.69 Å². The van der Waals surface area contributed by atoms with Crippen LogP contribution in [0.3, 0.4) is 0 Å². The summed E-state index contributed by atoms with van der Waals surface area (Å²) in [6, 6.07) is 4.72. The molecule has 0 radical (unpaired) electrons. The molecule has 22 heavy (non-hydrogen) atoms. The molecular formula is C16H16Cl2NO3-. The van der Waals surface area contributed by atoms with E-state index >= 15 is 0 Å². The zero-order valence-electron chi connectivity index (χ0n) is 12.3. The number of rotatable bonds is 3. The van der Waals surface area contributed by atoms with Gasteiger partial charge in [0.05, 0.1) is 16.6 Å². The molecule has 1 aliphatic carbocycles. The van der Waals surface area contributed by atoms with Gasteiger partial charge < -0.3 is 15.2 Å². The van der Waals surface area contributed by atoms with Gasteiger partial charge in [-0.1, -0.05) is 34.3 Å². The number of aliphatic carboxylic acids is 1. The number of allylic oxidation sites excluding steroid dienone is 2. The molecule has 0 fully saturated rings. The lowest BCUT2D eigenvalue weighted by molar-refractivity contribution is -0.313. The SMILES string of the molecule is CC1=C(C)C[C@@H](C(=O)Nc2ccc(Cl)cc2Cl)[C@@H](C(=O)[O-])C1. The van der Waals surface area contributed by atoms with Crippen molar-refractivity contribution in [3.8, 4) is 0 Å². The number of carboxylic acids is 1. The predicted molar refractivity (Wildman–Crippen MR) is 84.7 cm³/mol. The van der Waals surface area contributed by atoms with Crippen molar-refractivity contribution in [2.24, 2.45) is 11.8 Å². The Morgan fingerprint density at radius 3 is 2.27 bits per heavy atom. The molecular weight excluding hydrogens is 325 g/mol. The number of amides is 1. The van der Waals surface area contributed by atoms with Gasteiger partial charge in [-0.25, -0.2) is 0 Å². The van der Waals surface area contributed by atoms with E-state index in [1.165, 1.54) is 6.07 Å². The van der Waals surface area contributed by atoms with Crippen molar-refractivity contribution in [1.82, 2.24) is 0 Å². The maximum Gasteiger partial charge on any atom is 0.228 e. The van der Waals surface area contributed by atoms with Crippen LogP contribution in [0, 0.1) is 11.8 Å². The molecule has 1 aliphatic rings. The Morgan fingerprint density at radius 1 is 1.14 bits per heavy atom. The first-order chi connectivity index (χ1) is 10.3. The van der Waals surface area contributed by atoms with E-state index in [1.54, 1.807) is 12.1 Å². The second-order valence-corrected chi connectivity index (χ2v) is 6.46. The summed E-state index contributed by atoms with van der Waals surface area (Å²) in [5.41, 5.74) is 2.46. The lowest BCUT2D eigenvalue weighted by Crippen LogP contribution is -2.42. The first kappa shape index (κ1) is 16.8. The van der Waals surface area contributed by atoms with E-state index in [0.717, 1.165) is 11.1 Å². The number of carbonyl (C=O) groups excluding carboxylic acids is 2. The molecule has 0 spiro atoms. The van der Waals surface area contributed by atoms with Gasteiger partial charge in [-0.2, -0.15) is 0 Å². The summed E-state index contributed by atoms with van der Waals surface area (Å²) in [5, 5.41) is 14.8. The van der Waals surface area contributed by atoms with E-state index in [-0.39, 0.29) is 5.91 Å². The summed E-state index contributed by atoms with van der Waals surface area (Å²) < 4.78 is 0. The number of anilines is 1. The van der Waals surface area contributed by atoms with Gasteiger partial charge in [0.1, 0.15) is 0 Å². The van der Waals surface area contributed by atoms with E-state index in [9.17, 15) is 14.7 Å². The lowest BCUT2D eigenvalue weighted by atomic mass is 9.76. The van der Waals surface area contributed by atoms with Gasteiger partial charge in [0.15, 0.2) is 0 Å². The van der Waals surface area contributed by atoms with Gasteiger partial charge in [-0.05, 0) is 44.9 Å². The smallest absolute Gasteiger partial charge is 0.228 e. The fraction of sp³-hybridized carbons (Fsp3) is 0.375. The van der Waals surface area contributed by atoms with E-state index < -0.39 is 17.8 Å². The Balaban J connectivity index is 2.21. The number of carboxylic acid groups (broad SMARTS) is 1. The molecule has 6 heteroatoms. The standard InChI is InChI=1S/C16H17Cl2NO3/c1-8-5-11(12(16(21)22)6-9(8)2)15(20)19-14-4-3-10(17)7-13(14)18/h3-4,7,11-12H,5-6H2,1-2H3,(H,19,20)(H,21,22)/p-1/t11-,12+/m1/s1. The van der Waals surface area contributed by atoms with Crippen LogP contribution in [0.15, 0.2) is 29.3 Å². The van der Waals surface area contributed by atoms with Gasteiger partial charge in [0.2, 0.25) is 5.91 Å². The molecule has 1 aromatic carbocycles. The van der Waals surface area contributed by atoms with Crippen LogP contribution in [0.5, 0.6) is 0 Å². The molecule has 2 atom stereocenters. The molecule has 1 amide bonds. The average Bonchev–Trinajstić information content (AvgIpc) is 2.44. The quantitative estimate of drug-likeness (QED) is 0.859. The predicted octanol–water partition coefficient (Wildman–Crippen LogP) is 3.04. The number of halogens is 2. The fourth-order valence-corrected chi connectivity index (χ4v) is 3.09. The largest absolute Gasteiger partial charge is 0.550 e. The van der Waals surface area contributed by atoms with Crippen LogP contribution in [-0.2, 0) is 9.59 Å². The van der Waals surface area contributed by atoms with Crippen LogP contribution < -0.4 is 10.4 Å². The minimum absolute atomic E-state index is 0.310. The van der Waals surface area contributed by atoms with Crippen LogP contribution in [-0.4, -0.2) is 11.9 Å². The van der Waals surface area contributed by atoms with Crippen molar-refractivity contribution in [1.29, 1.82) is 0 Å². The third-order valence-corrected chi connectivity index (χ3v) is 4.64. The normalized spacial score (nSPS) is 21.6. The summed E-state index contributed by atoms with van der Waals surface area (Å²) in [7, 11) is 0. The summed E-state index contributed by atoms with van der Waals surface area (Å²) in [5.74, 6) is -3.06. The van der Waals surface area contributed by atoms with Gasteiger partial charge >= 0.3 is 0 Å². The summed E-state index contributed by atoms with van der Waals surface area (Å²) in [4.78, 5) is 23.8. The third kappa shape index (κ3) is 3.62. The maximum absolute atomic E-state index is 12.5. The van der Waals surface area contributed by atoms with Crippen molar-refractivity contribution in [2.75, 3.05) is 5.32 Å². The fourth-order valence-electron chi connectivity index (χ4n) is 2.63. The molecule has 1 N–H and O–H groups in total. The zero-order chi connectivity index (χ0) is 16.4. The molecule has 2 rings (SSSR count). The molecule has 0 saturated carbocycles. The van der Waals surface area contributed by atoms with Gasteiger partial charge in [0.25, 0.3) is 0 Å². The number of hydrogen-bond donors (Lipinski definition) is 1. The minimum Gasteiger partial charge on any atom is -0.550 e. The van der Waals surface area contributed by atoms with E-state index in [2.05, 4.69) is 5.32 Å². The van der Waals surface area contributed by atoms with Crippen molar-refractivity contribution in [2.45, 2.75) is 26.7 Å². The van der Waals surface area contributed by atoms with Gasteiger partial charge in [-0.3, -0.25) is 4.79 Å². The van der Waals surface area contributed by atoms with E-state index in [0.29, 0.717) is 28.6 Å². The molecule has 0 heterocycles. The maximum atomic E-state index is 12.5. The van der Waals surface area contributed by atoms with Crippen molar-refractivity contribution >= 4 is 40.8 Å². The highest BCUT2D eigenvalue weighted by atomic mass is 35.5. The summed E-state index contributed by atoms with van der Waals surface area (Å²) in [6.45, 7) is 3.80. The molecule has 4 nitrogen and oxygen atoms in total. The second kappa shape index (κ2) is 6.71. The Kier molecular flexibility index (Phi) is 5.14. The van der Waals surface area contributed by atoms with Crippen molar-refractivity contribution in [3.05, 3.63) is 39.4 Å². The Bertz CT molecular complexity index is 655. The van der Waals surface area contributed by atoms with E-state index in [1.807, 2.05) is 13.8 Å². The molecule has 1 aromatic rings. The van der Waals surface area contributed by atoms with Gasteiger partial charge in [-0.15, -0.1) is 0 Å². The van der Waals surface area contributed by atoms with Gasteiger partial charge in [0, 0.05) is 16.9 Å². The zero-order valence-corrected chi connectivity index (χ0v) is 13.8. The van der Waals surface area contributed by atoms with E-state index in [4.69, 9.17) is 23.2 Å². The number of nitrogens with one attached hydrogen (secondary N) is 1. The first-order valence-corrected chi connectivity index (χ1v) is 7.67. The molecule has 0 aromatic heterocycles. The van der Waals surface area contributed by atoms with Crippen molar-refractivity contribution in [3.63, 3.8) is 0 Å². The van der Waals surface area contributed by atoms with Crippen LogP contribution in [0.25, 0.3) is 0 Å². The average molecular weight is 341 g/mol. The lowest BCUT2D eigenvalue weighted by Gasteiger charge is -2.32. The highest BCUT2D eigenvalue weighted by Gasteiger charge is 2.33. The van der Waals surface area contributed by atoms with Crippen molar-refractivity contribution < 1.29 is 14.7 Å². The number of hydrogen-bond acceptors (Lipinski definition) is 3. The van der Waals surface area contributed by atoms with Crippen LogP contribution in [0.1, 0.15) is 26.7 Å². The first-order valence-electron chi connectivity index (χ1n) is 6.91. The van der Waals surface area contributed by atoms with Crippen LogP contribution >= 0.6 is 23.2 Å². The molecule has 118 valence electrons. The number of benzene rings is 1.